The molecule has 0 spiro atoms. The van der Waals surface area contributed by atoms with E-state index in [9.17, 15) is 4.79 Å². The van der Waals surface area contributed by atoms with Gasteiger partial charge in [-0.25, -0.2) is 5.06 Å². The molecule has 0 saturated heterocycles. The zero-order chi connectivity index (χ0) is 14.5. The highest BCUT2D eigenvalue weighted by Crippen LogP contribution is 2.25. The number of nitrogens with zero attached hydrogens (tertiary/aromatic N) is 1. The van der Waals surface area contributed by atoms with Crippen LogP contribution < -0.4 is 0 Å². The van der Waals surface area contributed by atoms with Crippen molar-refractivity contribution in [3.8, 4) is 0 Å². The summed E-state index contributed by atoms with van der Waals surface area (Å²) < 4.78 is 53.1. The summed E-state index contributed by atoms with van der Waals surface area (Å²) in [5.74, 6) is -2.71. The summed E-state index contributed by atoms with van der Waals surface area (Å²) in [7, 11) is 2.37. The minimum Gasteiger partial charge on any atom is -0.275 e. The summed E-state index contributed by atoms with van der Waals surface area (Å²) >= 11 is 0. The molecule has 1 aliphatic rings. The Kier molecular flexibility index (Phi) is 1.03. The van der Waals surface area contributed by atoms with Crippen molar-refractivity contribution in [2.75, 3.05) is 14.2 Å². The summed E-state index contributed by atoms with van der Waals surface area (Å²) in [6, 6.07) is 0. The van der Waals surface area contributed by atoms with E-state index < -0.39 is 37.3 Å². The molecule has 11 heavy (non-hydrogen) atoms. The van der Waals surface area contributed by atoms with E-state index >= 15 is 0 Å². The van der Waals surface area contributed by atoms with Crippen LogP contribution in [-0.2, 0) is 9.63 Å². The fourth-order valence-corrected chi connectivity index (χ4v) is 0.705. The molecule has 1 saturated carbocycles. The van der Waals surface area contributed by atoms with Crippen molar-refractivity contribution < 1.29 is 19.2 Å². The van der Waals surface area contributed by atoms with E-state index in [1.165, 1.54) is 14.2 Å². The number of carbonyl (C=O) groups is 1. The molecule has 0 N–H and O–H groups in total. The van der Waals surface area contributed by atoms with Crippen LogP contribution in [0.1, 0.15) is 35.1 Å². The summed E-state index contributed by atoms with van der Waals surface area (Å²) in [5, 5.41) is 0.682. The Balaban J connectivity index is 3.26. The van der Waals surface area contributed by atoms with Gasteiger partial charge in [-0.05, 0) is 12.8 Å². The van der Waals surface area contributed by atoms with Gasteiger partial charge >= 0.3 is 0 Å². The van der Waals surface area contributed by atoms with Crippen molar-refractivity contribution in [3.05, 3.63) is 0 Å². The van der Waals surface area contributed by atoms with E-state index in [0.29, 0.717) is 5.06 Å². The second kappa shape index (κ2) is 3.72. The van der Waals surface area contributed by atoms with Crippen molar-refractivity contribution >= 4 is 5.91 Å². The van der Waals surface area contributed by atoms with Crippen molar-refractivity contribution in [2.45, 2.75) is 25.5 Å². The third-order valence-corrected chi connectivity index (χ3v) is 1.40. The first-order chi connectivity index (χ1) is 7.92. The van der Waals surface area contributed by atoms with Gasteiger partial charge < -0.3 is 0 Å². The smallest absolute Gasteiger partial charge is 0.248 e. The summed E-state index contributed by atoms with van der Waals surface area (Å²) in [5.41, 5.74) is 0. The van der Waals surface area contributed by atoms with E-state index in [4.69, 9.17) is 9.60 Å². The summed E-state index contributed by atoms with van der Waals surface area (Å²) in [4.78, 5) is 16.5. The second-order valence-corrected chi connectivity index (χ2v) is 2.08. The van der Waals surface area contributed by atoms with Gasteiger partial charge in [0.1, 0.15) is 0 Å². The molecule has 1 rings (SSSR count). The maximum absolute atomic E-state index is 11.9. The Morgan fingerprint density at radius 3 is 2.91 bits per heavy atom. The third-order valence-electron chi connectivity index (χ3n) is 1.40. The van der Waals surface area contributed by atoms with Gasteiger partial charge in [-0.2, -0.15) is 0 Å². The average molecular weight is 164 g/mol. The predicted molar refractivity (Wildman–Crippen MR) is 41.7 cm³/mol. The molecule has 0 aliphatic heterocycles. The number of rotatable bonds is 2. The highest BCUT2D eigenvalue weighted by atomic mass is 16.7. The molecule has 0 aromatic heterocycles. The highest BCUT2D eigenvalue weighted by molar-refractivity contribution is 5.77. The molecule has 0 heterocycles. The molecule has 3 nitrogen and oxygen atoms in total. The molecule has 1 amide bonds. The maximum Gasteiger partial charge on any atom is 0.248 e. The van der Waals surface area contributed by atoms with E-state index in [0.717, 1.165) is 0 Å². The van der Waals surface area contributed by atoms with Crippen molar-refractivity contribution in [2.24, 2.45) is 5.92 Å². The largest absolute Gasteiger partial charge is 0.275 e. The first kappa shape index (κ1) is 3.05. The fraction of sp³-hybridized carbons (Fsp3) is 0.875. The molecule has 1 aliphatic carbocycles. The summed E-state index contributed by atoms with van der Waals surface area (Å²) in [6.45, 7) is 0. The van der Waals surface area contributed by atoms with Gasteiger partial charge in [0, 0.05) is 22.6 Å². The van der Waals surface area contributed by atoms with E-state index in [2.05, 4.69) is 4.84 Å². The molecule has 64 valence electrons. The second-order valence-electron chi connectivity index (χ2n) is 2.08. The van der Waals surface area contributed by atoms with Gasteiger partial charge in [0.25, 0.3) is 0 Å². The van der Waals surface area contributed by atoms with Crippen LogP contribution in [0, 0.1) is 5.92 Å². The lowest BCUT2D eigenvalue weighted by atomic mass is 10.1. The van der Waals surface area contributed by atoms with Crippen molar-refractivity contribution in [3.63, 3.8) is 0 Å². The lowest BCUT2D eigenvalue weighted by Gasteiger charge is -2.17. The van der Waals surface area contributed by atoms with Crippen LogP contribution in [-0.4, -0.2) is 25.1 Å². The molecule has 0 aromatic rings. The maximum atomic E-state index is 11.9. The van der Waals surface area contributed by atoms with Gasteiger partial charge in [0.15, 0.2) is 0 Å². The van der Waals surface area contributed by atoms with Gasteiger partial charge in [0.05, 0.1) is 7.11 Å². The molecule has 2 unspecified atom stereocenters. The highest BCUT2D eigenvalue weighted by Gasteiger charge is 2.25. The van der Waals surface area contributed by atoms with E-state index in [1.807, 2.05) is 0 Å². The lowest BCUT2D eigenvalue weighted by molar-refractivity contribution is -0.173. The zero-order valence-electron chi connectivity index (χ0n) is 13.4. The molecule has 3 heteroatoms. The lowest BCUT2D eigenvalue weighted by Crippen LogP contribution is -2.30. The van der Waals surface area contributed by atoms with Crippen LogP contribution in [0.4, 0.5) is 0 Å². The van der Waals surface area contributed by atoms with Crippen LogP contribution >= 0.6 is 0 Å². The van der Waals surface area contributed by atoms with Gasteiger partial charge in [-0.15, -0.1) is 0 Å². The number of carbonyl (C=O) groups excluding carboxylic acids is 1. The molecule has 0 bridgehead atoms. The molecule has 0 radical (unpaired) electrons. The molecule has 1 fully saturated rings. The minimum absolute atomic E-state index is 0.682. The first-order valence-corrected chi connectivity index (χ1v) is 3.17. The third kappa shape index (κ3) is 1.93. The van der Waals surface area contributed by atoms with Crippen LogP contribution in [0.15, 0.2) is 0 Å². The molecular formula is C8H15NO2. The minimum atomic E-state index is -2.93. The molecular weight excluding hydrogens is 142 g/mol. The van der Waals surface area contributed by atoms with Crippen LogP contribution in [0.3, 0.4) is 0 Å². The SMILES string of the molecule is [2H]C1C(C(=O)N(C)OC)C([2H])([2H])C([2H])([2H])C1([2H])[2H]. The zero-order valence-corrected chi connectivity index (χ0v) is 6.42. The van der Waals surface area contributed by atoms with Crippen LogP contribution in [0.5, 0.6) is 0 Å². The number of hydrogen-bond acceptors (Lipinski definition) is 2. The fourth-order valence-electron chi connectivity index (χ4n) is 0.705. The van der Waals surface area contributed by atoms with Gasteiger partial charge in [-0.3, -0.25) is 9.63 Å². The summed E-state index contributed by atoms with van der Waals surface area (Å²) in [6.07, 6.45) is -10.3. The molecule has 0 aromatic carbocycles. The van der Waals surface area contributed by atoms with E-state index in [1.54, 1.807) is 0 Å². The normalized spacial score (nSPS) is 53.5. The Morgan fingerprint density at radius 2 is 2.45 bits per heavy atom. The van der Waals surface area contributed by atoms with Crippen LogP contribution in [0.25, 0.3) is 0 Å². The Morgan fingerprint density at radius 1 is 1.73 bits per heavy atom. The van der Waals surface area contributed by atoms with Gasteiger partial charge in [0.2, 0.25) is 5.91 Å². The molecule has 2 atom stereocenters. The monoisotopic (exact) mass is 164 g/mol. The van der Waals surface area contributed by atoms with Crippen LogP contribution in [0.2, 0.25) is 0 Å². The van der Waals surface area contributed by atoms with Crippen molar-refractivity contribution in [1.82, 2.24) is 5.06 Å². The topological polar surface area (TPSA) is 29.5 Å². The number of hydrogen-bond donors (Lipinski definition) is 0. The van der Waals surface area contributed by atoms with E-state index in [-0.39, 0.29) is 0 Å². The Bertz CT molecular complexity index is 359. The Labute approximate surface area is 77.1 Å². The number of hydroxylamine groups is 2. The van der Waals surface area contributed by atoms with Gasteiger partial charge in [-0.1, -0.05) is 12.7 Å². The first-order valence-electron chi connectivity index (χ1n) is 6.74. The standard InChI is InChI=1S/C8H15NO2/c1-9(11-2)8(10)7-5-3-4-6-7/h7H,3-6H2,1-2H3/i3D2,4D2,5D,6D2. The number of amides is 1. The average Bonchev–Trinajstić information content (AvgIpc) is 2.34. The van der Waals surface area contributed by atoms with Crippen molar-refractivity contribution in [1.29, 1.82) is 0 Å². The predicted octanol–water partition coefficient (Wildman–Crippen LogP) is 1.20. The Hall–Kier alpha value is -0.570. The quantitative estimate of drug-likeness (QED) is 0.574.